The number of hydrogen-bond donors (Lipinski definition) is 3. The molecule has 0 heterocycles. The van der Waals surface area contributed by atoms with Crippen LogP contribution in [0, 0.1) is 56.7 Å². The second-order valence-corrected chi connectivity index (χ2v) is 19.7. The van der Waals surface area contributed by atoms with Crippen molar-refractivity contribution in [3.05, 3.63) is 46.5 Å². The van der Waals surface area contributed by atoms with Gasteiger partial charge in [0, 0.05) is 17.9 Å². The summed E-state index contributed by atoms with van der Waals surface area (Å²) in [7, 11) is 0. The Bertz CT molecular complexity index is 1450. The molecule has 0 bridgehead atoms. The van der Waals surface area contributed by atoms with Crippen LogP contribution in [-0.2, 0) is 16.0 Å². The van der Waals surface area contributed by atoms with Crippen molar-refractivity contribution in [3.8, 4) is 0 Å². The average Bonchev–Trinajstić information content (AvgIpc) is 3.01. The number of carboxylic acids is 1. The van der Waals surface area contributed by atoms with Crippen LogP contribution in [0.25, 0.3) is 0 Å². The van der Waals surface area contributed by atoms with Gasteiger partial charge in [0.1, 0.15) is 6.04 Å². The highest BCUT2D eigenvalue weighted by atomic mass is 35.5. The highest BCUT2D eigenvalue weighted by Crippen LogP contribution is 2.74. The summed E-state index contributed by atoms with van der Waals surface area (Å²) in [6.45, 7) is 17.6. The van der Waals surface area contributed by atoms with Crippen molar-refractivity contribution in [2.75, 3.05) is 0 Å². The van der Waals surface area contributed by atoms with Gasteiger partial charge in [-0.15, -0.1) is 0 Å². The van der Waals surface area contributed by atoms with E-state index in [0.717, 1.165) is 37.7 Å². The summed E-state index contributed by atoms with van der Waals surface area (Å²) in [5.74, 6) is 2.04. The van der Waals surface area contributed by atoms with Gasteiger partial charge in [0.2, 0.25) is 5.91 Å². The topological polar surface area (TPSA) is 86.6 Å². The molecule has 0 saturated heterocycles. The van der Waals surface area contributed by atoms with Crippen LogP contribution in [0.2, 0.25) is 5.02 Å². The van der Waals surface area contributed by atoms with Gasteiger partial charge in [0.25, 0.3) is 0 Å². The largest absolute Gasteiger partial charge is 0.480 e. The molecule has 10 atom stereocenters. The number of aliphatic hydroxyl groups excluding tert-OH is 1. The zero-order valence-electron chi connectivity index (χ0n) is 31.4. The molecule has 5 nitrogen and oxygen atoms in total. The first-order valence-corrected chi connectivity index (χ1v) is 19.9. The molecule has 3 N–H and O–H groups in total. The molecule has 0 radical (unpaired) electrons. The van der Waals surface area contributed by atoms with Crippen LogP contribution in [-0.4, -0.2) is 34.2 Å². The maximum Gasteiger partial charge on any atom is 0.326 e. The van der Waals surface area contributed by atoms with Crippen molar-refractivity contribution in [1.29, 1.82) is 0 Å². The number of amides is 1. The van der Waals surface area contributed by atoms with Gasteiger partial charge in [-0.3, -0.25) is 4.79 Å². The van der Waals surface area contributed by atoms with Gasteiger partial charge in [-0.2, -0.15) is 0 Å². The number of unbranched alkanes of at least 4 members (excludes halogenated alkanes) is 1. The predicted molar refractivity (Wildman–Crippen MR) is 198 cm³/mol. The van der Waals surface area contributed by atoms with Gasteiger partial charge in [0.05, 0.1) is 6.10 Å². The number of benzene rings is 1. The highest BCUT2D eigenvalue weighted by Gasteiger charge is 2.67. The molecule has 4 saturated carbocycles. The highest BCUT2D eigenvalue weighted by molar-refractivity contribution is 6.31. The van der Waals surface area contributed by atoms with Gasteiger partial charge in [-0.05, 0) is 133 Å². The summed E-state index contributed by atoms with van der Waals surface area (Å²) >= 11 is 6.26. The van der Waals surface area contributed by atoms with Crippen molar-refractivity contribution in [1.82, 2.24) is 5.32 Å². The molecule has 1 aromatic rings. The van der Waals surface area contributed by atoms with Crippen LogP contribution in [0.4, 0.5) is 0 Å². The number of allylic oxidation sites excluding steroid dienone is 2. The Morgan fingerprint density at radius 3 is 2.39 bits per heavy atom. The van der Waals surface area contributed by atoms with Gasteiger partial charge < -0.3 is 15.5 Å². The summed E-state index contributed by atoms with van der Waals surface area (Å²) in [4.78, 5) is 24.8. The monoisotopic (exact) mass is 693 g/mol. The van der Waals surface area contributed by atoms with Crippen LogP contribution in [0.5, 0.6) is 0 Å². The average molecular weight is 694 g/mol. The molecule has 5 aliphatic carbocycles. The molecule has 1 amide bonds. The van der Waals surface area contributed by atoms with E-state index in [1.807, 2.05) is 18.2 Å². The van der Waals surface area contributed by atoms with E-state index in [2.05, 4.69) is 59.9 Å². The first-order chi connectivity index (χ1) is 22.9. The number of carbonyl (C=O) groups excluding carboxylic acids is 1. The molecule has 6 rings (SSSR count). The number of halogens is 1. The van der Waals surface area contributed by atoms with Crippen molar-refractivity contribution in [2.45, 2.75) is 151 Å². The third-order valence-corrected chi connectivity index (χ3v) is 16.2. The molecule has 0 unspecified atom stereocenters. The van der Waals surface area contributed by atoms with Crippen LogP contribution < -0.4 is 5.32 Å². The Balaban J connectivity index is 1.11. The van der Waals surface area contributed by atoms with Crippen LogP contribution in [0.3, 0.4) is 0 Å². The van der Waals surface area contributed by atoms with E-state index in [1.165, 1.54) is 44.9 Å². The maximum atomic E-state index is 12.9. The molecule has 0 spiro atoms. The first-order valence-electron chi connectivity index (χ1n) is 19.6. The molecule has 6 heteroatoms. The number of aliphatic carboxylic acids is 1. The van der Waals surface area contributed by atoms with E-state index < -0.39 is 12.0 Å². The summed E-state index contributed by atoms with van der Waals surface area (Å²) in [6, 6.07) is 6.23. The van der Waals surface area contributed by atoms with E-state index in [1.54, 1.807) is 11.6 Å². The minimum Gasteiger partial charge on any atom is -0.480 e. The number of nitrogens with one attached hydrogen (secondary N) is 1. The normalized spacial score (nSPS) is 39.7. The minimum atomic E-state index is -1.03. The Hall–Kier alpha value is -1.85. The quantitative estimate of drug-likeness (QED) is 0.178. The fourth-order valence-corrected chi connectivity index (χ4v) is 13.3. The molecule has 5 aliphatic rings. The number of carbonyl (C=O) groups is 2. The van der Waals surface area contributed by atoms with Crippen LogP contribution in [0.1, 0.15) is 138 Å². The Labute approximate surface area is 301 Å². The van der Waals surface area contributed by atoms with Crippen LogP contribution in [0.15, 0.2) is 35.9 Å². The lowest BCUT2D eigenvalue weighted by Gasteiger charge is -2.70. The first kappa shape index (κ1) is 36.9. The van der Waals surface area contributed by atoms with Crippen molar-refractivity contribution >= 4 is 23.5 Å². The zero-order chi connectivity index (χ0) is 35.6. The zero-order valence-corrected chi connectivity index (χ0v) is 32.2. The molecule has 0 aromatic heterocycles. The Morgan fingerprint density at radius 1 is 0.939 bits per heavy atom. The van der Waals surface area contributed by atoms with Gasteiger partial charge >= 0.3 is 5.97 Å². The molecule has 49 heavy (non-hydrogen) atoms. The molecule has 1 aromatic carbocycles. The van der Waals surface area contributed by atoms with E-state index in [-0.39, 0.29) is 40.1 Å². The molecule has 272 valence electrons. The molecule has 0 aliphatic heterocycles. The third kappa shape index (κ3) is 6.44. The Morgan fingerprint density at radius 2 is 1.67 bits per heavy atom. The second-order valence-electron chi connectivity index (χ2n) is 19.3. The van der Waals surface area contributed by atoms with Gasteiger partial charge in [-0.1, -0.05) is 103 Å². The lowest BCUT2D eigenvalue weighted by molar-refractivity contribution is -0.201. The fourth-order valence-electron chi connectivity index (χ4n) is 13.1. The third-order valence-electron chi connectivity index (χ3n) is 15.8. The summed E-state index contributed by atoms with van der Waals surface area (Å²) in [5, 5.41) is 24.1. The van der Waals surface area contributed by atoms with Gasteiger partial charge in [0.15, 0.2) is 0 Å². The number of aliphatic hydroxyl groups is 1. The number of rotatable bonds is 9. The SMILES string of the molecule is CC1(C)C[C@@H](CCCCC(=O)N[C@H](Cc2ccccc2Cl)C(=O)O)[C@@H]2CC[C@]3(C)C(=CC[C@H]4[C@@]5(C)CC[C@H](O)C(C)(C)[C@@H]5CC[C@]43C)[C@H]2C1. The summed E-state index contributed by atoms with van der Waals surface area (Å²) < 4.78 is 0. The molecule has 4 fully saturated rings. The number of carboxylic acid groups (broad SMARTS) is 1. The van der Waals surface area contributed by atoms with Crippen molar-refractivity contribution in [3.63, 3.8) is 0 Å². The predicted octanol–water partition coefficient (Wildman–Crippen LogP) is 10.0. The molecular weight excluding hydrogens is 630 g/mol. The maximum absolute atomic E-state index is 12.9. The second kappa shape index (κ2) is 13.3. The lowest BCUT2D eigenvalue weighted by Crippen LogP contribution is -2.64. The Kier molecular flexibility index (Phi) is 10.0. The van der Waals surface area contributed by atoms with Crippen LogP contribution >= 0.6 is 11.6 Å². The van der Waals surface area contributed by atoms with E-state index in [0.29, 0.717) is 46.4 Å². The fraction of sp³-hybridized carbons (Fsp3) is 0.767. The molecular formula is C43H64ClNO4. The summed E-state index contributed by atoms with van der Waals surface area (Å²) in [6.07, 6.45) is 16.9. The van der Waals surface area contributed by atoms with E-state index in [4.69, 9.17) is 11.6 Å². The van der Waals surface area contributed by atoms with Crippen molar-refractivity contribution in [2.24, 2.45) is 56.7 Å². The smallest absolute Gasteiger partial charge is 0.326 e. The van der Waals surface area contributed by atoms with Gasteiger partial charge in [-0.25, -0.2) is 4.79 Å². The van der Waals surface area contributed by atoms with E-state index >= 15 is 0 Å². The number of hydrogen-bond acceptors (Lipinski definition) is 3. The standard InChI is InChI=1S/C43H64ClNO4/c1-39(2)25-28(13-9-11-15-37(47)45-33(38(48)49)24-27-12-8-10-14-32(27)44)29-18-22-42(6)31(30(29)26-39)16-17-35-41(5)21-20-36(46)40(3,4)34(41)19-23-43(35,42)7/h8,10,12,14,16,28-30,33-36,46H,9,11,13,15,17-26H2,1-7H3,(H,45,47)(H,48,49)/t28-,29+,30+,33-,34+,35+,36+,41+,42-,43-/m1/s1. The van der Waals surface area contributed by atoms with Crippen molar-refractivity contribution < 1.29 is 19.8 Å². The lowest BCUT2D eigenvalue weighted by atomic mass is 9.34. The van der Waals surface area contributed by atoms with E-state index in [9.17, 15) is 19.8 Å². The number of fused-ring (bicyclic) bond motifs is 7. The minimum absolute atomic E-state index is 0.0212. The summed E-state index contributed by atoms with van der Waals surface area (Å²) in [5.41, 5.74) is 3.58.